The normalized spacial score (nSPS) is 13.6. The van der Waals surface area contributed by atoms with Crippen LogP contribution >= 0.6 is 7.37 Å². The maximum atomic E-state index is 12.4. The first-order valence-corrected chi connectivity index (χ1v) is 10.5. The highest BCUT2D eigenvalue weighted by molar-refractivity contribution is 7.58. The number of hydrogen-bond acceptors (Lipinski definition) is 3. The average molecular weight is 378 g/mol. The van der Waals surface area contributed by atoms with Crippen molar-refractivity contribution in [3.8, 4) is 0 Å². The standard InChI is InChI=1S/C19H23O6P/c20-18(21)11-15(12-19(22)23)13-26(24,25)9-3-4-14-7-8-16-5-1-2-6-17(16)10-14/h1-2,5-8,10,15H,3-4,9,11-13H2,(H,20,21)(H,22,23)(H,24,25). The van der Waals surface area contributed by atoms with Gasteiger partial charge < -0.3 is 15.1 Å². The van der Waals surface area contributed by atoms with Crippen LogP contribution in [0.2, 0.25) is 0 Å². The molecular weight excluding hydrogens is 355 g/mol. The zero-order chi connectivity index (χ0) is 19.2. The van der Waals surface area contributed by atoms with E-state index in [4.69, 9.17) is 10.2 Å². The molecule has 0 saturated heterocycles. The molecule has 0 saturated carbocycles. The van der Waals surface area contributed by atoms with Crippen LogP contribution in [0.3, 0.4) is 0 Å². The first kappa shape index (κ1) is 20.1. The Hall–Kier alpha value is -2.17. The fourth-order valence-corrected chi connectivity index (χ4v) is 5.01. The summed E-state index contributed by atoms with van der Waals surface area (Å²) in [4.78, 5) is 31.8. The van der Waals surface area contributed by atoms with Crippen molar-refractivity contribution in [1.82, 2.24) is 0 Å². The lowest BCUT2D eigenvalue weighted by atomic mass is 10.0. The molecule has 26 heavy (non-hydrogen) atoms. The number of carboxylic acid groups (broad SMARTS) is 2. The van der Waals surface area contributed by atoms with Crippen LogP contribution in [0.5, 0.6) is 0 Å². The molecule has 0 aliphatic carbocycles. The molecule has 0 bridgehead atoms. The van der Waals surface area contributed by atoms with E-state index in [-0.39, 0.29) is 12.3 Å². The summed E-state index contributed by atoms with van der Waals surface area (Å²) in [6, 6.07) is 14.0. The lowest BCUT2D eigenvalue weighted by Gasteiger charge is -2.17. The van der Waals surface area contributed by atoms with Crippen LogP contribution in [0.25, 0.3) is 10.8 Å². The van der Waals surface area contributed by atoms with Crippen LogP contribution in [-0.4, -0.2) is 39.4 Å². The van der Waals surface area contributed by atoms with E-state index >= 15 is 0 Å². The zero-order valence-electron chi connectivity index (χ0n) is 14.4. The predicted octanol–water partition coefficient (Wildman–Crippen LogP) is 3.61. The van der Waals surface area contributed by atoms with E-state index in [0.29, 0.717) is 12.8 Å². The Morgan fingerprint density at radius 2 is 1.58 bits per heavy atom. The molecule has 3 N–H and O–H groups in total. The SMILES string of the molecule is O=C(O)CC(CC(=O)O)CP(=O)(O)CCCc1ccc2ccccc2c1. The van der Waals surface area contributed by atoms with E-state index in [9.17, 15) is 19.0 Å². The summed E-state index contributed by atoms with van der Waals surface area (Å²) in [6.07, 6.45) is 0.0683. The van der Waals surface area contributed by atoms with Gasteiger partial charge in [0.25, 0.3) is 0 Å². The average Bonchev–Trinajstić information content (AvgIpc) is 2.52. The van der Waals surface area contributed by atoms with Gasteiger partial charge in [0.1, 0.15) is 0 Å². The van der Waals surface area contributed by atoms with Gasteiger partial charge in [-0.25, -0.2) is 0 Å². The van der Waals surface area contributed by atoms with Crippen molar-refractivity contribution in [2.45, 2.75) is 25.7 Å². The summed E-state index contributed by atoms with van der Waals surface area (Å²) in [6.45, 7) is 0. The van der Waals surface area contributed by atoms with Gasteiger partial charge in [0.05, 0.1) is 0 Å². The lowest BCUT2D eigenvalue weighted by Crippen LogP contribution is -2.17. The Balaban J connectivity index is 1.91. The van der Waals surface area contributed by atoms with Crippen molar-refractivity contribution >= 4 is 30.1 Å². The van der Waals surface area contributed by atoms with E-state index in [2.05, 4.69) is 6.07 Å². The van der Waals surface area contributed by atoms with Gasteiger partial charge in [-0.1, -0.05) is 42.5 Å². The van der Waals surface area contributed by atoms with Crippen LogP contribution in [-0.2, 0) is 20.6 Å². The van der Waals surface area contributed by atoms with E-state index in [1.54, 1.807) is 0 Å². The number of benzene rings is 2. The van der Waals surface area contributed by atoms with Crippen LogP contribution < -0.4 is 0 Å². The fraction of sp³-hybridized carbons (Fsp3) is 0.368. The van der Waals surface area contributed by atoms with Crippen LogP contribution in [0, 0.1) is 5.92 Å². The van der Waals surface area contributed by atoms with Gasteiger partial charge in [-0.3, -0.25) is 14.2 Å². The Bertz CT molecular complexity index is 816. The molecular formula is C19H23O6P. The number of aryl methyl sites for hydroxylation is 1. The quantitative estimate of drug-likeness (QED) is 0.545. The van der Waals surface area contributed by atoms with E-state index in [1.165, 1.54) is 0 Å². The Morgan fingerprint density at radius 3 is 2.19 bits per heavy atom. The van der Waals surface area contributed by atoms with Crippen molar-refractivity contribution < 1.29 is 29.3 Å². The third-order valence-corrected chi connectivity index (χ3v) is 6.36. The molecule has 0 aliphatic heterocycles. The molecule has 7 heteroatoms. The van der Waals surface area contributed by atoms with E-state index < -0.39 is 38.1 Å². The van der Waals surface area contributed by atoms with Crippen molar-refractivity contribution in [2.75, 3.05) is 12.3 Å². The third-order valence-electron chi connectivity index (χ3n) is 4.26. The molecule has 0 radical (unpaired) electrons. The second-order valence-corrected chi connectivity index (χ2v) is 9.10. The Labute approximate surface area is 151 Å². The molecule has 2 aromatic carbocycles. The van der Waals surface area contributed by atoms with Gasteiger partial charge in [-0.15, -0.1) is 0 Å². The summed E-state index contributed by atoms with van der Waals surface area (Å²) < 4.78 is 12.4. The maximum Gasteiger partial charge on any atom is 0.303 e. The summed E-state index contributed by atoms with van der Waals surface area (Å²) in [5.74, 6) is -3.15. The van der Waals surface area contributed by atoms with Crippen molar-refractivity contribution in [1.29, 1.82) is 0 Å². The van der Waals surface area contributed by atoms with Gasteiger partial charge in [-0.05, 0) is 35.1 Å². The van der Waals surface area contributed by atoms with Gasteiger partial charge in [0, 0.05) is 25.2 Å². The third kappa shape index (κ3) is 6.62. The summed E-state index contributed by atoms with van der Waals surface area (Å²) in [7, 11) is -3.57. The van der Waals surface area contributed by atoms with Gasteiger partial charge >= 0.3 is 11.9 Å². The van der Waals surface area contributed by atoms with Crippen LogP contribution in [0.15, 0.2) is 42.5 Å². The highest BCUT2D eigenvalue weighted by Gasteiger charge is 2.27. The fourth-order valence-electron chi connectivity index (χ4n) is 3.11. The molecule has 0 heterocycles. The van der Waals surface area contributed by atoms with E-state index in [1.807, 2.05) is 36.4 Å². The monoisotopic (exact) mass is 378 g/mol. The Morgan fingerprint density at radius 1 is 0.962 bits per heavy atom. The maximum absolute atomic E-state index is 12.4. The van der Waals surface area contributed by atoms with Crippen LogP contribution in [0.1, 0.15) is 24.8 Å². The van der Waals surface area contributed by atoms with Crippen molar-refractivity contribution in [3.05, 3.63) is 48.0 Å². The molecule has 0 fully saturated rings. The molecule has 2 rings (SSSR count). The van der Waals surface area contributed by atoms with Gasteiger partial charge in [0.2, 0.25) is 7.37 Å². The minimum atomic E-state index is -3.57. The Kier molecular flexibility index (Phi) is 6.95. The predicted molar refractivity (Wildman–Crippen MR) is 99.8 cm³/mol. The largest absolute Gasteiger partial charge is 0.481 e. The molecule has 0 amide bonds. The minimum absolute atomic E-state index is 0.0512. The topological polar surface area (TPSA) is 112 Å². The lowest BCUT2D eigenvalue weighted by molar-refractivity contribution is -0.140. The number of hydrogen-bond donors (Lipinski definition) is 3. The number of rotatable bonds is 10. The number of fused-ring (bicyclic) bond motifs is 1. The first-order valence-electron chi connectivity index (χ1n) is 8.47. The number of carboxylic acids is 2. The van der Waals surface area contributed by atoms with E-state index in [0.717, 1.165) is 16.3 Å². The molecule has 1 atom stereocenters. The molecule has 2 aromatic rings. The molecule has 140 valence electrons. The van der Waals surface area contributed by atoms with Crippen molar-refractivity contribution in [3.63, 3.8) is 0 Å². The summed E-state index contributed by atoms with van der Waals surface area (Å²) in [5, 5.41) is 19.9. The van der Waals surface area contributed by atoms with Crippen molar-refractivity contribution in [2.24, 2.45) is 5.92 Å². The van der Waals surface area contributed by atoms with Gasteiger partial charge in [-0.2, -0.15) is 0 Å². The first-order chi connectivity index (χ1) is 12.2. The molecule has 1 unspecified atom stereocenters. The molecule has 6 nitrogen and oxygen atoms in total. The van der Waals surface area contributed by atoms with Gasteiger partial charge in [0.15, 0.2) is 0 Å². The molecule has 0 aromatic heterocycles. The molecule has 0 spiro atoms. The highest BCUT2D eigenvalue weighted by Crippen LogP contribution is 2.44. The number of carbonyl (C=O) groups is 2. The second kappa shape index (κ2) is 8.97. The van der Waals surface area contributed by atoms with Crippen LogP contribution in [0.4, 0.5) is 0 Å². The summed E-state index contributed by atoms with van der Waals surface area (Å²) in [5.41, 5.74) is 1.07. The number of aliphatic carboxylic acids is 2. The smallest absolute Gasteiger partial charge is 0.303 e. The summed E-state index contributed by atoms with van der Waals surface area (Å²) >= 11 is 0. The zero-order valence-corrected chi connectivity index (χ0v) is 15.3. The second-order valence-electron chi connectivity index (χ2n) is 6.60. The minimum Gasteiger partial charge on any atom is -0.481 e. The molecule has 0 aliphatic rings. The highest BCUT2D eigenvalue weighted by atomic mass is 31.2.